The van der Waals surface area contributed by atoms with Crippen LogP contribution in [-0.4, -0.2) is 22.7 Å². The molecule has 1 heterocycles. The van der Waals surface area contributed by atoms with Crippen LogP contribution in [0.5, 0.6) is 0 Å². The molecule has 1 aliphatic rings. The molecule has 1 fully saturated rings. The Morgan fingerprint density at radius 1 is 1.56 bits per heavy atom. The summed E-state index contributed by atoms with van der Waals surface area (Å²) in [5.41, 5.74) is 0.550. The van der Waals surface area contributed by atoms with Crippen LogP contribution in [0.1, 0.15) is 12.0 Å². The van der Waals surface area contributed by atoms with Crippen molar-refractivity contribution in [3.63, 3.8) is 0 Å². The molecule has 1 N–H and O–H groups in total. The highest BCUT2D eigenvalue weighted by Gasteiger charge is 2.24. The van der Waals surface area contributed by atoms with Crippen LogP contribution in [-0.2, 0) is 6.42 Å². The van der Waals surface area contributed by atoms with Gasteiger partial charge in [-0.05, 0) is 41.5 Å². The Morgan fingerprint density at radius 3 is 3.00 bits per heavy atom. The van der Waals surface area contributed by atoms with Gasteiger partial charge in [-0.25, -0.2) is 4.39 Å². The van der Waals surface area contributed by atoms with Gasteiger partial charge in [-0.15, -0.1) is 0 Å². The molecule has 1 nitrogen and oxygen atoms in total. The van der Waals surface area contributed by atoms with Crippen molar-refractivity contribution in [1.29, 1.82) is 0 Å². The third-order valence-corrected chi connectivity index (χ3v) is 4.38. The molecule has 0 aromatic heterocycles. The molecule has 2 rings (SSSR count). The standard InChI is InChI=1S/C12H14ClFOS/c13-10-2-1-8(11(14)6-10)5-12(15)9-3-4-16-7-9/h1-2,6,9,12,15H,3-5,7H2. The summed E-state index contributed by atoms with van der Waals surface area (Å²) in [6.07, 6.45) is 0.973. The molecule has 0 saturated carbocycles. The van der Waals surface area contributed by atoms with Crippen molar-refractivity contribution in [1.82, 2.24) is 0 Å². The summed E-state index contributed by atoms with van der Waals surface area (Å²) < 4.78 is 13.5. The maximum absolute atomic E-state index is 13.5. The fourth-order valence-electron chi connectivity index (χ4n) is 1.94. The number of halogens is 2. The summed E-state index contributed by atoms with van der Waals surface area (Å²) in [6.45, 7) is 0. The lowest BCUT2D eigenvalue weighted by Crippen LogP contribution is -2.23. The summed E-state index contributed by atoms with van der Waals surface area (Å²) in [5.74, 6) is 2.07. The summed E-state index contributed by atoms with van der Waals surface area (Å²) in [4.78, 5) is 0. The fourth-order valence-corrected chi connectivity index (χ4v) is 3.42. The van der Waals surface area contributed by atoms with Crippen LogP contribution in [0.25, 0.3) is 0 Å². The summed E-state index contributed by atoms with van der Waals surface area (Å²) >= 11 is 7.53. The molecule has 16 heavy (non-hydrogen) atoms. The number of thioether (sulfide) groups is 1. The molecule has 0 spiro atoms. The zero-order valence-electron chi connectivity index (χ0n) is 8.83. The molecular weight excluding hydrogens is 247 g/mol. The van der Waals surface area contributed by atoms with Crippen LogP contribution in [0.4, 0.5) is 4.39 Å². The van der Waals surface area contributed by atoms with E-state index < -0.39 is 6.10 Å². The van der Waals surface area contributed by atoms with Crippen LogP contribution in [0, 0.1) is 11.7 Å². The summed E-state index contributed by atoms with van der Waals surface area (Å²) in [6, 6.07) is 4.62. The molecule has 2 atom stereocenters. The highest BCUT2D eigenvalue weighted by atomic mass is 35.5. The smallest absolute Gasteiger partial charge is 0.127 e. The van der Waals surface area contributed by atoms with E-state index in [2.05, 4.69) is 0 Å². The van der Waals surface area contributed by atoms with Crippen LogP contribution in [0.2, 0.25) is 5.02 Å². The van der Waals surface area contributed by atoms with E-state index in [0.29, 0.717) is 22.9 Å². The minimum absolute atomic E-state index is 0.306. The largest absolute Gasteiger partial charge is 0.392 e. The van der Waals surface area contributed by atoms with Gasteiger partial charge in [0, 0.05) is 11.4 Å². The lowest BCUT2D eigenvalue weighted by molar-refractivity contribution is 0.119. The van der Waals surface area contributed by atoms with Crippen LogP contribution >= 0.6 is 23.4 Å². The topological polar surface area (TPSA) is 20.2 Å². The van der Waals surface area contributed by atoms with Crippen molar-refractivity contribution in [2.75, 3.05) is 11.5 Å². The minimum atomic E-state index is -0.439. The molecule has 88 valence electrons. The number of aliphatic hydroxyl groups excluding tert-OH is 1. The first-order valence-corrected chi connectivity index (χ1v) is 6.90. The predicted octanol–water partition coefficient (Wildman–Crippen LogP) is 3.14. The zero-order chi connectivity index (χ0) is 11.5. The fraction of sp³-hybridized carbons (Fsp3) is 0.500. The average Bonchev–Trinajstić information content (AvgIpc) is 2.75. The molecule has 0 amide bonds. The van der Waals surface area contributed by atoms with Gasteiger partial charge in [0.15, 0.2) is 0 Å². The van der Waals surface area contributed by atoms with Crippen molar-refractivity contribution < 1.29 is 9.50 Å². The van der Waals surface area contributed by atoms with Gasteiger partial charge >= 0.3 is 0 Å². The normalized spacial score (nSPS) is 22.3. The Balaban J connectivity index is 2.02. The van der Waals surface area contributed by atoms with E-state index in [4.69, 9.17) is 11.6 Å². The van der Waals surface area contributed by atoms with Gasteiger partial charge in [-0.2, -0.15) is 11.8 Å². The molecule has 4 heteroatoms. The second kappa shape index (κ2) is 5.39. The molecule has 2 unspecified atom stereocenters. The van der Waals surface area contributed by atoms with Crippen molar-refractivity contribution >= 4 is 23.4 Å². The molecular formula is C12H14ClFOS. The molecule has 1 saturated heterocycles. The van der Waals surface area contributed by atoms with E-state index in [1.165, 1.54) is 6.07 Å². The Morgan fingerprint density at radius 2 is 2.38 bits per heavy atom. The second-order valence-electron chi connectivity index (χ2n) is 4.13. The van der Waals surface area contributed by atoms with Gasteiger partial charge in [0.05, 0.1) is 6.10 Å². The van der Waals surface area contributed by atoms with Gasteiger partial charge in [-0.3, -0.25) is 0 Å². The third kappa shape index (κ3) is 2.90. The third-order valence-electron chi connectivity index (χ3n) is 2.95. The van der Waals surface area contributed by atoms with Gasteiger partial charge in [-0.1, -0.05) is 17.7 Å². The maximum Gasteiger partial charge on any atom is 0.127 e. The first kappa shape index (κ1) is 12.2. The van der Waals surface area contributed by atoms with Gasteiger partial charge in [0.2, 0.25) is 0 Å². The Labute approximate surface area is 104 Å². The number of benzene rings is 1. The number of rotatable bonds is 3. The van der Waals surface area contributed by atoms with Gasteiger partial charge < -0.3 is 5.11 Å². The molecule has 0 bridgehead atoms. The molecule has 1 aliphatic heterocycles. The Hall–Kier alpha value is -0.250. The van der Waals surface area contributed by atoms with E-state index in [1.54, 1.807) is 12.1 Å². The van der Waals surface area contributed by atoms with Crippen LogP contribution < -0.4 is 0 Å². The monoisotopic (exact) mass is 260 g/mol. The lowest BCUT2D eigenvalue weighted by Gasteiger charge is -2.17. The summed E-state index contributed by atoms with van der Waals surface area (Å²) in [5, 5.41) is 10.4. The molecule has 0 radical (unpaired) electrons. The first-order chi connectivity index (χ1) is 7.66. The van der Waals surface area contributed by atoms with Crippen molar-refractivity contribution in [3.8, 4) is 0 Å². The lowest BCUT2D eigenvalue weighted by atomic mass is 9.95. The quantitative estimate of drug-likeness (QED) is 0.901. The zero-order valence-corrected chi connectivity index (χ0v) is 10.4. The van der Waals surface area contributed by atoms with E-state index in [1.807, 2.05) is 11.8 Å². The Bertz CT molecular complexity index is 366. The van der Waals surface area contributed by atoms with Crippen LogP contribution in [0.3, 0.4) is 0 Å². The second-order valence-corrected chi connectivity index (χ2v) is 5.72. The number of aliphatic hydroxyl groups is 1. The van der Waals surface area contributed by atoms with E-state index >= 15 is 0 Å². The highest BCUT2D eigenvalue weighted by molar-refractivity contribution is 7.99. The maximum atomic E-state index is 13.5. The van der Waals surface area contributed by atoms with Crippen LogP contribution in [0.15, 0.2) is 18.2 Å². The summed E-state index contributed by atoms with van der Waals surface area (Å²) in [7, 11) is 0. The molecule has 1 aromatic rings. The Kier molecular flexibility index (Phi) is 4.11. The van der Waals surface area contributed by atoms with E-state index in [-0.39, 0.29) is 5.82 Å². The SMILES string of the molecule is OC(Cc1ccc(Cl)cc1F)C1CCSC1. The molecule has 1 aromatic carbocycles. The van der Waals surface area contributed by atoms with E-state index in [9.17, 15) is 9.50 Å². The van der Waals surface area contributed by atoms with Crippen molar-refractivity contribution in [2.24, 2.45) is 5.92 Å². The van der Waals surface area contributed by atoms with Crippen molar-refractivity contribution in [3.05, 3.63) is 34.6 Å². The first-order valence-electron chi connectivity index (χ1n) is 5.36. The molecule has 0 aliphatic carbocycles. The van der Waals surface area contributed by atoms with Gasteiger partial charge in [0.1, 0.15) is 5.82 Å². The number of hydrogen-bond acceptors (Lipinski definition) is 2. The number of hydrogen-bond donors (Lipinski definition) is 1. The van der Waals surface area contributed by atoms with E-state index in [0.717, 1.165) is 17.9 Å². The average molecular weight is 261 g/mol. The minimum Gasteiger partial charge on any atom is -0.392 e. The van der Waals surface area contributed by atoms with Crippen molar-refractivity contribution in [2.45, 2.75) is 18.9 Å². The predicted molar refractivity (Wildman–Crippen MR) is 66.6 cm³/mol. The highest BCUT2D eigenvalue weighted by Crippen LogP contribution is 2.28. The van der Waals surface area contributed by atoms with Gasteiger partial charge in [0.25, 0.3) is 0 Å².